The van der Waals surface area contributed by atoms with Crippen molar-refractivity contribution in [1.82, 2.24) is 9.21 Å². The average Bonchev–Trinajstić information content (AvgIpc) is 2.74. The van der Waals surface area contributed by atoms with Gasteiger partial charge in [-0.25, -0.2) is 8.42 Å². The van der Waals surface area contributed by atoms with Gasteiger partial charge in [0.15, 0.2) is 0 Å². The second-order valence-corrected chi connectivity index (χ2v) is 9.85. The van der Waals surface area contributed by atoms with Gasteiger partial charge in [0.1, 0.15) is 0 Å². The Hall–Kier alpha value is -1.83. The molecule has 2 aromatic carbocycles. The van der Waals surface area contributed by atoms with E-state index in [1.807, 2.05) is 25.4 Å². The number of hydrogen-bond donors (Lipinski definition) is 0. The Bertz CT molecular complexity index is 891. The smallest absolute Gasteiger partial charge is 0.243 e. The molecule has 0 spiro atoms. The Kier molecular flexibility index (Phi) is 6.80. The number of sulfonamides is 1. The van der Waals surface area contributed by atoms with Crippen molar-refractivity contribution in [1.29, 1.82) is 0 Å². The van der Waals surface area contributed by atoms with E-state index in [0.29, 0.717) is 37.4 Å². The van der Waals surface area contributed by atoms with Crippen molar-refractivity contribution in [2.75, 3.05) is 26.4 Å². The molecule has 0 N–H and O–H groups in total. The normalized spacial score (nSPS) is 16.1. The molecular weight excluding hydrogens is 392 g/mol. The van der Waals surface area contributed by atoms with Crippen LogP contribution < -0.4 is 0 Å². The molecule has 1 aliphatic heterocycles. The maximum atomic E-state index is 12.8. The van der Waals surface area contributed by atoms with Gasteiger partial charge in [-0.3, -0.25) is 4.79 Å². The van der Waals surface area contributed by atoms with Crippen LogP contribution in [0.4, 0.5) is 0 Å². The lowest BCUT2D eigenvalue weighted by Gasteiger charge is -2.32. The monoisotopic (exact) mass is 418 g/mol. The Morgan fingerprint density at radius 1 is 1.07 bits per heavy atom. The molecule has 0 radical (unpaired) electrons. The molecule has 1 heterocycles. The Morgan fingerprint density at radius 2 is 1.68 bits per heavy atom. The second-order valence-electron chi connectivity index (χ2n) is 7.03. The molecule has 3 rings (SSSR count). The maximum absolute atomic E-state index is 12.8. The summed E-state index contributed by atoms with van der Waals surface area (Å²) in [6, 6.07) is 16.7. The first kappa shape index (κ1) is 20.9. The van der Waals surface area contributed by atoms with Gasteiger partial charge in [-0.1, -0.05) is 30.3 Å². The maximum Gasteiger partial charge on any atom is 0.243 e. The van der Waals surface area contributed by atoms with E-state index < -0.39 is 10.0 Å². The summed E-state index contributed by atoms with van der Waals surface area (Å²) in [7, 11) is -1.66. The molecule has 150 valence electrons. The molecule has 28 heavy (non-hydrogen) atoms. The number of carbonyl (C=O) groups excluding carboxylic acids is 1. The minimum Gasteiger partial charge on any atom is -0.341 e. The minimum atomic E-state index is -3.48. The van der Waals surface area contributed by atoms with Gasteiger partial charge >= 0.3 is 0 Å². The standard InChI is InChI=1S/C21H26N2O3S2/c1-22(16-17-8-10-19(27-2)11-9-17)21(24)18-12-14-23(15-13-18)28(25,26)20-6-4-3-5-7-20/h3-11,18H,12-16H2,1-2H3. The summed E-state index contributed by atoms with van der Waals surface area (Å²) in [6.07, 6.45) is 3.15. The highest BCUT2D eigenvalue weighted by molar-refractivity contribution is 7.98. The van der Waals surface area contributed by atoms with E-state index in [1.54, 1.807) is 47.0 Å². The van der Waals surface area contributed by atoms with E-state index in [1.165, 1.54) is 9.20 Å². The number of rotatable bonds is 6. The largest absolute Gasteiger partial charge is 0.341 e. The summed E-state index contributed by atoms with van der Waals surface area (Å²) in [5.74, 6) is -0.0385. The third-order valence-corrected chi connectivity index (χ3v) is 7.80. The van der Waals surface area contributed by atoms with Crippen molar-refractivity contribution in [3.05, 3.63) is 60.2 Å². The summed E-state index contributed by atoms with van der Waals surface area (Å²) in [5.41, 5.74) is 1.10. The molecule has 0 aliphatic carbocycles. The number of thioether (sulfide) groups is 1. The van der Waals surface area contributed by atoms with Gasteiger partial charge < -0.3 is 4.90 Å². The van der Waals surface area contributed by atoms with Crippen LogP contribution in [0.25, 0.3) is 0 Å². The number of piperidine rings is 1. The molecule has 1 aliphatic rings. The zero-order chi connectivity index (χ0) is 20.1. The molecule has 1 amide bonds. The van der Waals surface area contributed by atoms with Gasteiger partial charge in [0.05, 0.1) is 4.90 Å². The number of benzene rings is 2. The van der Waals surface area contributed by atoms with Crippen molar-refractivity contribution in [2.24, 2.45) is 5.92 Å². The van der Waals surface area contributed by atoms with Crippen LogP contribution in [0.2, 0.25) is 0 Å². The first-order valence-corrected chi connectivity index (χ1v) is 12.0. The third-order valence-electron chi connectivity index (χ3n) is 5.14. The minimum absolute atomic E-state index is 0.0886. The molecule has 0 unspecified atom stereocenters. The van der Waals surface area contributed by atoms with Gasteiger partial charge in [0.25, 0.3) is 0 Å². The van der Waals surface area contributed by atoms with Gasteiger partial charge in [-0.2, -0.15) is 4.31 Å². The van der Waals surface area contributed by atoms with Gasteiger partial charge in [0.2, 0.25) is 15.9 Å². The van der Waals surface area contributed by atoms with E-state index in [2.05, 4.69) is 12.1 Å². The molecule has 0 atom stereocenters. The molecule has 1 fully saturated rings. The van der Waals surface area contributed by atoms with Gasteiger partial charge in [0, 0.05) is 37.5 Å². The highest BCUT2D eigenvalue weighted by atomic mass is 32.2. The molecule has 0 saturated carbocycles. The van der Waals surface area contributed by atoms with E-state index in [0.717, 1.165) is 5.56 Å². The molecule has 5 nitrogen and oxygen atoms in total. The quantitative estimate of drug-likeness (QED) is 0.674. The topological polar surface area (TPSA) is 57.7 Å². The van der Waals surface area contributed by atoms with Crippen molar-refractivity contribution in [3.63, 3.8) is 0 Å². The lowest BCUT2D eigenvalue weighted by atomic mass is 9.96. The zero-order valence-corrected chi connectivity index (χ0v) is 17.9. The van der Waals surface area contributed by atoms with Crippen molar-refractivity contribution in [3.8, 4) is 0 Å². The summed E-state index contributed by atoms with van der Waals surface area (Å²) in [6.45, 7) is 1.32. The van der Waals surface area contributed by atoms with Crippen LogP contribution in [-0.2, 0) is 21.4 Å². The molecule has 0 bridgehead atoms. The summed E-state index contributed by atoms with van der Waals surface area (Å²) in [5, 5.41) is 0. The van der Waals surface area contributed by atoms with E-state index in [4.69, 9.17) is 0 Å². The third kappa shape index (κ3) is 4.77. The predicted molar refractivity (Wildman–Crippen MR) is 113 cm³/mol. The summed E-state index contributed by atoms with van der Waals surface area (Å²) < 4.78 is 26.9. The van der Waals surface area contributed by atoms with Crippen LogP contribution in [-0.4, -0.2) is 49.9 Å². The van der Waals surface area contributed by atoms with Crippen LogP contribution >= 0.6 is 11.8 Å². The molecule has 2 aromatic rings. The number of amides is 1. The summed E-state index contributed by atoms with van der Waals surface area (Å²) >= 11 is 1.69. The molecule has 7 heteroatoms. The zero-order valence-electron chi connectivity index (χ0n) is 16.2. The van der Waals surface area contributed by atoms with Crippen LogP contribution in [0.3, 0.4) is 0 Å². The second kappa shape index (κ2) is 9.11. The predicted octanol–water partition coefficient (Wildman–Crippen LogP) is 3.47. The Balaban J connectivity index is 1.57. The molecule has 0 aromatic heterocycles. The first-order chi connectivity index (χ1) is 13.4. The highest BCUT2D eigenvalue weighted by Crippen LogP contribution is 2.25. The lowest BCUT2D eigenvalue weighted by molar-refractivity contribution is -0.135. The summed E-state index contributed by atoms with van der Waals surface area (Å²) in [4.78, 5) is 16.1. The van der Waals surface area contributed by atoms with Crippen LogP contribution in [0.5, 0.6) is 0 Å². The van der Waals surface area contributed by atoms with Crippen molar-refractivity contribution >= 4 is 27.7 Å². The number of hydrogen-bond acceptors (Lipinski definition) is 4. The fourth-order valence-electron chi connectivity index (χ4n) is 3.48. The van der Waals surface area contributed by atoms with Crippen LogP contribution in [0, 0.1) is 5.92 Å². The fourth-order valence-corrected chi connectivity index (χ4v) is 5.38. The number of carbonyl (C=O) groups is 1. The lowest BCUT2D eigenvalue weighted by Crippen LogP contribution is -2.43. The van der Waals surface area contributed by atoms with Crippen molar-refractivity contribution < 1.29 is 13.2 Å². The van der Waals surface area contributed by atoms with Crippen molar-refractivity contribution in [2.45, 2.75) is 29.2 Å². The fraction of sp³-hybridized carbons (Fsp3) is 0.381. The van der Waals surface area contributed by atoms with Crippen LogP contribution in [0.1, 0.15) is 18.4 Å². The van der Waals surface area contributed by atoms with E-state index in [-0.39, 0.29) is 11.8 Å². The van der Waals surface area contributed by atoms with Crippen LogP contribution in [0.15, 0.2) is 64.4 Å². The van der Waals surface area contributed by atoms with Gasteiger partial charge in [-0.05, 0) is 48.9 Å². The molecule has 1 saturated heterocycles. The number of nitrogens with zero attached hydrogens (tertiary/aromatic N) is 2. The van der Waals surface area contributed by atoms with E-state index >= 15 is 0 Å². The van der Waals surface area contributed by atoms with E-state index in [9.17, 15) is 13.2 Å². The van der Waals surface area contributed by atoms with Gasteiger partial charge in [-0.15, -0.1) is 11.8 Å². The average molecular weight is 419 g/mol. The Labute approximate surface area is 171 Å². The Morgan fingerprint density at radius 3 is 2.25 bits per heavy atom. The molecular formula is C21H26N2O3S2. The first-order valence-electron chi connectivity index (χ1n) is 9.35. The SMILES string of the molecule is CSc1ccc(CN(C)C(=O)C2CCN(S(=O)(=O)c3ccccc3)CC2)cc1. The highest BCUT2D eigenvalue weighted by Gasteiger charge is 2.33.